The Morgan fingerprint density at radius 2 is 1.88 bits per heavy atom. The SMILES string of the molecule is Cc1cc(N(N)/C=C(\N)COc2ncc(C(F)F)cn2)c(F)cc1F. The van der Waals surface area contributed by atoms with Crippen LogP contribution in [0.15, 0.2) is 36.4 Å². The molecule has 0 fully saturated rings. The quantitative estimate of drug-likeness (QED) is 0.469. The first kappa shape index (κ1) is 18.5. The van der Waals surface area contributed by atoms with Gasteiger partial charge in [0.25, 0.3) is 6.43 Å². The minimum absolute atomic E-state index is 0.0745. The fourth-order valence-corrected chi connectivity index (χ4v) is 1.79. The zero-order chi connectivity index (χ0) is 18.6. The molecule has 0 aliphatic rings. The molecule has 25 heavy (non-hydrogen) atoms. The number of nitrogens with zero attached hydrogens (tertiary/aromatic N) is 3. The summed E-state index contributed by atoms with van der Waals surface area (Å²) in [6.07, 6.45) is 0.347. The van der Waals surface area contributed by atoms with Crippen molar-refractivity contribution in [3.8, 4) is 6.01 Å². The van der Waals surface area contributed by atoms with Gasteiger partial charge in [-0.15, -0.1) is 0 Å². The number of nitrogens with two attached hydrogens (primary N) is 2. The second kappa shape index (κ2) is 7.79. The van der Waals surface area contributed by atoms with Crippen molar-refractivity contribution >= 4 is 5.69 Å². The van der Waals surface area contributed by atoms with Crippen LogP contribution in [0.25, 0.3) is 0 Å². The Morgan fingerprint density at radius 3 is 2.48 bits per heavy atom. The summed E-state index contributed by atoms with van der Waals surface area (Å²) in [5.74, 6) is 4.13. The number of benzene rings is 1. The largest absolute Gasteiger partial charge is 0.457 e. The Bertz CT molecular complexity index is 767. The fourth-order valence-electron chi connectivity index (χ4n) is 1.79. The molecular weight excluding hydrogens is 342 g/mol. The van der Waals surface area contributed by atoms with Crippen LogP contribution in [0.4, 0.5) is 23.2 Å². The maximum Gasteiger partial charge on any atom is 0.316 e. The molecule has 0 aliphatic heterocycles. The first-order chi connectivity index (χ1) is 11.8. The van der Waals surface area contributed by atoms with Gasteiger partial charge in [-0.3, -0.25) is 5.01 Å². The molecule has 0 saturated carbocycles. The number of hydrogen-bond acceptors (Lipinski definition) is 6. The lowest BCUT2D eigenvalue weighted by atomic mass is 10.2. The summed E-state index contributed by atoms with van der Waals surface area (Å²) in [6.45, 7) is 1.24. The highest BCUT2D eigenvalue weighted by molar-refractivity contribution is 5.51. The topological polar surface area (TPSA) is 90.3 Å². The molecule has 6 nitrogen and oxygen atoms in total. The molecule has 4 N–H and O–H groups in total. The number of anilines is 1. The predicted octanol–water partition coefficient (Wildman–Crippen LogP) is 2.56. The van der Waals surface area contributed by atoms with E-state index in [1.807, 2.05) is 0 Å². The van der Waals surface area contributed by atoms with Crippen molar-refractivity contribution in [2.45, 2.75) is 13.3 Å². The van der Waals surface area contributed by atoms with Gasteiger partial charge in [0.2, 0.25) is 0 Å². The number of ether oxygens (including phenoxy) is 1. The van der Waals surface area contributed by atoms with Gasteiger partial charge >= 0.3 is 6.01 Å². The molecule has 10 heteroatoms. The van der Waals surface area contributed by atoms with Gasteiger partial charge < -0.3 is 10.5 Å². The zero-order valence-corrected chi connectivity index (χ0v) is 13.1. The second-order valence-corrected chi connectivity index (χ2v) is 5.05. The third-order valence-electron chi connectivity index (χ3n) is 3.08. The first-order valence-corrected chi connectivity index (χ1v) is 6.96. The van der Waals surface area contributed by atoms with Gasteiger partial charge in [-0.25, -0.2) is 33.4 Å². The van der Waals surface area contributed by atoms with Crippen LogP contribution in [0.3, 0.4) is 0 Å². The van der Waals surface area contributed by atoms with Crippen molar-refractivity contribution in [3.05, 3.63) is 59.2 Å². The third kappa shape index (κ3) is 4.80. The molecule has 2 aromatic rings. The van der Waals surface area contributed by atoms with Gasteiger partial charge in [-0.05, 0) is 18.6 Å². The number of halogens is 4. The summed E-state index contributed by atoms with van der Waals surface area (Å²) >= 11 is 0. The number of aromatic nitrogens is 2. The monoisotopic (exact) mass is 357 g/mol. The van der Waals surface area contributed by atoms with Gasteiger partial charge in [0, 0.05) is 24.7 Å². The maximum atomic E-state index is 13.7. The molecule has 0 bridgehead atoms. The van der Waals surface area contributed by atoms with Crippen LogP contribution in [-0.4, -0.2) is 16.6 Å². The van der Waals surface area contributed by atoms with Crippen molar-refractivity contribution in [1.82, 2.24) is 9.97 Å². The molecule has 1 heterocycles. The average molecular weight is 357 g/mol. The van der Waals surface area contributed by atoms with E-state index in [4.69, 9.17) is 16.3 Å². The molecule has 2 rings (SSSR count). The van der Waals surface area contributed by atoms with E-state index < -0.39 is 18.1 Å². The Morgan fingerprint density at radius 1 is 1.24 bits per heavy atom. The van der Waals surface area contributed by atoms with Crippen LogP contribution in [0.2, 0.25) is 0 Å². The van der Waals surface area contributed by atoms with Gasteiger partial charge in [-0.2, -0.15) is 0 Å². The van der Waals surface area contributed by atoms with Crippen molar-refractivity contribution < 1.29 is 22.3 Å². The Hall–Kier alpha value is -2.88. The molecule has 1 aromatic heterocycles. The average Bonchev–Trinajstić information content (AvgIpc) is 2.56. The summed E-state index contributed by atoms with van der Waals surface area (Å²) in [5, 5.41) is 0.876. The van der Waals surface area contributed by atoms with Crippen LogP contribution < -0.4 is 21.3 Å². The van der Waals surface area contributed by atoms with E-state index in [1.165, 1.54) is 19.2 Å². The summed E-state index contributed by atoms with van der Waals surface area (Å²) in [5.41, 5.74) is 5.56. The predicted molar refractivity (Wildman–Crippen MR) is 82.5 cm³/mol. The lowest BCUT2D eigenvalue weighted by Gasteiger charge is -2.17. The molecule has 0 unspecified atom stereocenters. The van der Waals surface area contributed by atoms with Gasteiger partial charge in [0.1, 0.15) is 12.4 Å². The van der Waals surface area contributed by atoms with Crippen molar-refractivity contribution in [2.75, 3.05) is 11.6 Å². The molecule has 0 radical (unpaired) electrons. The van der Waals surface area contributed by atoms with Gasteiger partial charge in [0.15, 0.2) is 5.82 Å². The highest BCUT2D eigenvalue weighted by Crippen LogP contribution is 2.21. The molecule has 0 atom stereocenters. The minimum Gasteiger partial charge on any atom is -0.457 e. The minimum atomic E-state index is -2.68. The van der Waals surface area contributed by atoms with Crippen LogP contribution >= 0.6 is 0 Å². The molecule has 1 aromatic carbocycles. The van der Waals surface area contributed by atoms with E-state index in [1.54, 1.807) is 0 Å². The number of alkyl halides is 2. The molecule has 0 aliphatic carbocycles. The third-order valence-corrected chi connectivity index (χ3v) is 3.08. The molecule has 134 valence electrons. The number of rotatable bonds is 6. The van der Waals surface area contributed by atoms with Gasteiger partial charge in [-0.1, -0.05) is 0 Å². The summed E-state index contributed by atoms with van der Waals surface area (Å²) in [6, 6.07) is 1.78. The number of aryl methyl sites for hydroxylation is 1. The standard InChI is InChI=1S/C15H15F4N5O/c1-8-2-13(12(17)3-11(8)16)24(21)6-10(20)7-25-15-22-4-9(5-23-15)14(18)19/h2-6,14H,7,20-21H2,1H3/b10-6-. The Balaban J connectivity index is 2.02. The van der Waals surface area contributed by atoms with E-state index >= 15 is 0 Å². The number of hydrogen-bond donors (Lipinski definition) is 2. The molecule has 0 amide bonds. The van der Waals surface area contributed by atoms with Crippen LogP contribution in [0.1, 0.15) is 17.6 Å². The summed E-state index contributed by atoms with van der Waals surface area (Å²) in [4.78, 5) is 7.20. The van der Waals surface area contributed by atoms with Gasteiger partial charge in [0.05, 0.1) is 16.9 Å². The van der Waals surface area contributed by atoms with Crippen LogP contribution in [0, 0.1) is 18.6 Å². The molecule has 0 spiro atoms. The highest BCUT2D eigenvalue weighted by Gasteiger charge is 2.12. The summed E-state index contributed by atoms with van der Waals surface area (Å²) < 4.78 is 56.9. The maximum absolute atomic E-state index is 13.7. The van der Waals surface area contributed by atoms with Crippen LogP contribution in [0.5, 0.6) is 6.01 Å². The second-order valence-electron chi connectivity index (χ2n) is 5.05. The Labute approximate surface area is 140 Å². The van der Waals surface area contributed by atoms with E-state index in [0.717, 1.165) is 17.4 Å². The first-order valence-electron chi connectivity index (χ1n) is 6.96. The van der Waals surface area contributed by atoms with E-state index in [9.17, 15) is 17.6 Å². The van der Waals surface area contributed by atoms with Crippen molar-refractivity contribution in [1.29, 1.82) is 0 Å². The highest BCUT2D eigenvalue weighted by atomic mass is 19.3. The lowest BCUT2D eigenvalue weighted by Crippen LogP contribution is -2.28. The zero-order valence-electron chi connectivity index (χ0n) is 13.1. The molecular formula is C15H15F4N5O. The summed E-state index contributed by atoms with van der Waals surface area (Å²) in [7, 11) is 0. The normalized spacial score (nSPS) is 11.7. The number of hydrazine groups is 1. The van der Waals surface area contributed by atoms with Crippen LogP contribution in [-0.2, 0) is 0 Å². The van der Waals surface area contributed by atoms with Crippen molar-refractivity contribution in [2.24, 2.45) is 11.6 Å². The van der Waals surface area contributed by atoms with E-state index in [2.05, 4.69) is 9.97 Å². The Kier molecular flexibility index (Phi) is 5.75. The van der Waals surface area contributed by atoms with Crippen molar-refractivity contribution in [3.63, 3.8) is 0 Å². The van der Waals surface area contributed by atoms with E-state index in [0.29, 0.717) is 6.07 Å². The smallest absolute Gasteiger partial charge is 0.316 e. The fraction of sp³-hybridized carbons (Fsp3) is 0.200. The van der Waals surface area contributed by atoms with E-state index in [-0.39, 0.29) is 35.1 Å². The molecule has 0 saturated heterocycles. The lowest BCUT2D eigenvalue weighted by molar-refractivity contribution is 0.150.